The molecule has 1 aromatic heterocycles. The summed E-state index contributed by atoms with van der Waals surface area (Å²) in [6.45, 7) is 3.00. The average Bonchev–Trinajstić information content (AvgIpc) is 3.02. The van der Waals surface area contributed by atoms with Crippen molar-refractivity contribution in [2.75, 3.05) is 6.54 Å². The van der Waals surface area contributed by atoms with Gasteiger partial charge < -0.3 is 25.4 Å². The van der Waals surface area contributed by atoms with Crippen LogP contribution in [0, 0.1) is 5.92 Å². The molecule has 2 aromatic rings. The number of carbonyl (C=O) groups excluding carboxylic acids is 1. The van der Waals surface area contributed by atoms with Crippen LogP contribution < -0.4 is 5.32 Å². The topological polar surface area (TPSA) is 106 Å². The quantitative estimate of drug-likeness (QED) is 0.570. The SMILES string of the molecule is CC(C)C(NC(=O)CN1C=Cc2c([nH]c3c(C(=O)O)cccc23)C1)C(O)C(F)(F)F. The molecule has 0 radical (unpaired) electrons. The van der Waals surface area contributed by atoms with Gasteiger partial charge in [-0.05, 0) is 18.1 Å². The monoisotopic (exact) mass is 425 g/mol. The number of nitrogens with one attached hydrogen (secondary N) is 2. The Morgan fingerprint density at radius 3 is 2.60 bits per heavy atom. The Kier molecular flexibility index (Phi) is 5.80. The van der Waals surface area contributed by atoms with Crippen LogP contribution in [0.4, 0.5) is 13.2 Å². The number of halogens is 3. The Morgan fingerprint density at radius 2 is 2.00 bits per heavy atom. The minimum Gasteiger partial charge on any atom is -0.478 e. The van der Waals surface area contributed by atoms with Gasteiger partial charge in [-0.3, -0.25) is 4.79 Å². The van der Waals surface area contributed by atoms with E-state index < -0.39 is 36.1 Å². The summed E-state index contributed by atoms with van der Waals surface area (Å²) >= 11 is 0. The Balaban J connectivity index is 1.73. The summed E-state index contributed by atoms with van der Waals surface area (Å²) in [4.78, 5) is 28.4. The molecule has 0 bridgehead atoms. The smallest absolute Gasteiger partial charge is 0.416 e. The number of aliphatic hydroxyl groups excluding tert-OH is 1. The summed E-state index contributed by atoms with van der Waals surface area (Å²) in [5.41, 5.74) is 2.10. The van der Waals surface area contributed by atoms with Crippen molar-refractivity contribution in [1.29, 1.82) is 0 Å². The van der Waals surface area contributed by atoms with E-state index in [2.05, 4.69) is 10.3 Å². The van der Waals surface area contributed by atoms with Gasteiger partial charge in [0, 0.05) is 22.8 Å². The van der Waals surface area contributed by atoms with Crippen molar-refractivity contribution in [2.45, 2.75) is 38.7 Å². The van der Waals surface area contributed by atoms with Gasteiger partial charge in [0.05, 0.1) is 30.2 Å². The Bertz CT molecular complexity index is 997. The second-order valence-electron chi connectivity index (χ2n) is 7.59. The maximum absolute atomic E-state index is 12.9. The molecular formula is C20H22F3N3O4. The summed E-state index contributed by atoms with van der Waals surface area (Å²) in [5, 5.41) is 21.9. The molecule has 10 heteroatoms. The maximum Gasteiger partial charge on any atom is 0.416 e. The van der Waals surface area contributed by atoms with Crippen molar-refractivity contribution in [3.05, 3.63) is 41.2 Å². The molecule has 2 atom stereocenters. The first-order valence-corrected chi connectivity index (χ1v) is 9.32. The van der Waals surface area contributed by atoms with E-state index in [1.54, 1.807) is 29.3 Å². The van der Waals surface area contributed by atoms with Crippen molar-refractivity contribution in [1.82, 2.24) is 15.2 Å². The summed E-state index contributed by atoms with van der Waals surface area (Å²) in [6.07, 6.45) is -4.14. The average molecular weight is 425 g/mol. The van der Waals surface area contributed by atoms with E-state index in [0.29, 0.717) is 11.2 Å². The molecule has 1 aliphatic heterocycles. The maximum atomic E-state index is 12.9. The zero-order chi connectivity index (χ0) is 22.2. The molecule has 30 heavy (non-hydrogen) atoms. The summed E-state index contributed by atoms with van der Waals surface area (Å²) in [7, 11) is 0. The minimum absolute atomic E-state index is 0.125. The van der Waals surface area contributed by atoms with Gasteiger partial charge in [0.1, 0.15) is 0 Å². The number of aliphatic hydroxyl groups is 1. The lowest BCUT2D eigenvalue weighted by molar-refractivity contribution is -0.215. The van der Waals surface area contributed by atoms with Gasteiger partial charge in [0.2, 0.25) is 5.91 Å². The van der Waals surface area contributed by atoms with Crippen LogP contribution in [0.3, 0.4) is 0 Å². The first-order valence-electron chi connectivity index (χ1n) is 9.32. The van der Waals surface area contributed by atoms with Crippen LogP contribution in [-0.4, -0.2) is 56.8 Å². The number of carbonyl (C=O) groups is 2. The number of amides is 1. The molecular weight excluding hydrogens is 403 g/mol. The molecule has 0 fully saturated rings. The number of aromatic carboxylic acids is 1. The highest BCUT2D eigenvalue weighted by Crippen LogP contribution is 2.30. The molecule has 1 aliphatic rings. The number of nitrogens with zero attached hydrogens (tertiary/aromatic N) is 1. The van der Waals surface area contributed by atoms with Crippen molar-refractivity contribution in [3.8, 4) is 0 Å². The summed E-state index contributed by atoms with van der Waals surface area (Å²) in [5.74, 6) is -2.35. The van der Waals surface area contributed by atoms with Crippen molar-refractivity contribution in [3.63, 3.8) is 0 Å². The molecule has 3 rings (SSSR count). The summed E-state index contributed by atoms with van der Waals surface area (Å²) < 4.78 is 38.6. The number of hydrogen-bond donors (Lipinski definition) is 4. The third-order valence-corrected chi connectivity index (χ3v) is 5.07. The number of fused-ring (bicyclic) bond motifs is 3. The first kappa shape index (κ1) is 21.7. The zero-order valence-corrected chi connectivity index (χ0v) is 16.3. The normalized spacial score (nSPS) is 15.9. The number of H-pyrrole nitrogens is 1. The number of alkyl halides is 3. The van der Waals surface area contributed by atoms with Crippen molar-refractivity contribution < 1.29 is 33.0 Å². The molecule has 4 N–H and O–H groups in total. The molecule has 0 spiro atoms. The molecule has 2 unspecified atom stereocenters. The van der Waals surface area contributed by atoms with E-state index in [4.69, 9.17) is 0 Å². The van der Waals surface area contributed by atoms with Crippen LogP contribution in [0.5, 0.6) is 0 Å². The Labute approximate surface area is 170 Å². The predicted molar refractivity (Wildman–Crippen MR) is 104 cm³/mol. The molecule has 7 nitrogen and oxygen atoms in total. The second kappa shape index (κ2) is 8.02. The number of aromatic nitrogens is 1. The highest BCUT2D eigenvalue weighted by Gasteiger charge is 2.45. The molecule has 0 saturated carbocycles. The number of benzene rings is 1. The standard InChI is InChI=1S/C20H22F3N3O4/c1-10(2)16(18(28)20(21,22)23)25-15(27)9-26-7-6-11-12-4-3-5-13(19(29)30)17(12)24-14(11)8-26/h3-7,10,16,18,24,28H,8-9H2,1-2H3,(H,25,27)(H,29,30). The Hall–Kier alpha value is -3.01. The number of aromatic amines is 1. The highest BCUT2D eigenvalue weighted by molar-refractivity contribution is 6.05. The van der Waals surface area contributed by atoms with Crippen LogP contribution in [0.25, 0.3) is 17.0 Å². The van der Waals surface area contributed by atoms with E-state index in [1.165, 1.54) is 19.9 Å². The largest absolute Gasteiger partial charge is 0.478 e. The molecule has 162 valence electrons. The third kappa shape index (κ3) is 4.28. The number of para-hydroxylation sites is 1. The fourth-order valence-electron chi connectivity index (χ4n) is 3.56. The molecule has 1 amide bonds. The molecule has 0 aliphatic carbocycles. The second-order valence-corrected chi connectivity index (χ2v) is 7.59. The van der Waals surface area contributed by atoms with Gasteiger partial charge in [0.25, 0.3) is 0 Å². The van der Waals surface area contributed by atoms with Gasteiger partial charge in [0.15, 0.2) is 6.10 Å². The number of hydrogen-bond acceptors (Lipinski definition) is 4. The predicted octanol–water partition coefficient (Wildman–Crippen LogP) is 2.72. The van der Waals surface area contributed by atoms with Gasteiger partial charge in [-0.2, -0.15) is 13.2 Å². The van der Waals surface area contributed by atoms with Gasteiger partial charge in [-0.25, -0.2) is 4.79 Å². The molecule has 0 saturated heterocycles. The van der Waals surface area contributed by atoms with E-state index in [-0.39, 0.29) is 18.7 Å². The van der Waals surface area contributed by atoms with E-state index in [1.807, 2.05) is 0 Å². The minimum atomic E-state index is -4.84. The highest BCUT2D eigenvalue weighted by atomic mass is 19.4. The lowest BCUT2D eigenvalue weighted by Crippen LogP contribution is -2.54. The first-order chi connectivity index (χ1) is 14.0. The van der Waals surface area contributed by atoms with Crippen LogP contribution in [0.15, 0.2) is 24.4 Å². The number of carboxylic acid groups (broad SMARTS) is 1. The fraction of sp³-hybridized carbons (Fsp3) is 0.400. The van der Waals surface area contributed by atoms with Gasteiger partial charge in [-0.15, -0.1) is 0 Å². The van der Waals surface area contributed by atoms with Crippen LogP contribution in [-0.2, 0) is 11.3 Å². The van der Waals surface area contributed by atoms with Crippen molar-refractivity contribution >= 4 is 28.9 Å². The van der Waals surface area contributed by atoms with E-state index in [0.717, 1.165) is 10.9 Å². The van der Waals surface area contributed by atoms with E-state index >= 15 is 0 Å². The summed E-state index contributed by atoms with van der Waals surface area (Å²) in [6, 6.07) is 3.45. The van der Waals surface area contributed by atoms with Gasteiger partial charge >= 0.3 is 12.1 Å². The van der Waals surface area contributed by atoms with Gasteiger partial charge in [-0.1, -0.05) is 26.0 Å². The Morgan fingerprint density at radius 1 is 1.30 bits per heavy atom. The van der Waals surface area contributed by atoms with E-state index in [9.17, 15) is 33.0 Å². The third-order valence-electron chi connectivity index (χ3n) is 5.07. The van der Waals surface area contributed by atoms with Crippen LogP contribution in [0.2, 0.25) is 0 Å². The molecule has 1 aromatic carbocycles. The number of rotatable bonds is 6. The lowest BCUT2D eigenvalue weighted by atomic mass is 9.98. The fourth-order valence-corrected chi connectivity index (χ4v) is 3.56. The van der Waals surface area contributed by atoms with Crippen LogP contribution in [0.1, 0.15) is 35.5 Å². The lowest BCUT2D eigenvalue weighted by Gasteiger charge is -2.30. The zero-order valence-electron chi connectivity index (χ0n) is 16.3. The molecule has 2 heterocycles. The van der Waals surface area contributed by atoms with Crippen molar-refractivity contribution in [2.24, 2.45) is 5.92 Å². The number of carboxylic acids is 1. The van der Waals surface area contributed by atoms with Crippen LogP contribution >= 0.6 is 0 Å².